The minimum absolute atomic E-state index is 0.104. The van der Waals surface area contributed by atoms with Gasteiger partial charge >= 0.3 is 5.97 Å². The Balaban J connectivity index is 1.85. The first-order chi connectivity index (χ1) is 7.83. The van der Waals surface area contributed by atoms with Crippen molar-refractivity contribution in [3.8, 4) is 0 Å². The predicted octanol–water partition coefficient (Wildman–Crippen LogP) is 2.20. The molecular formula is C12H23NO2S. The first kappa shape index (κ1) is 13.8. The molecule has 0 bridgehead atoms. The Kier molecular flexibility index (Phi) is 7.68. The molecule has 1 aliphatic carbocycles. The maximum absolute atomic E-state index is 10.8. The van der Waals surface area contributed by atoms with Gasteiger partial charge in [-0.2, -0.15) is 11.8 Å². The summed E-state index contributed by atoms with van der Waals surface area (Å²) in [7, 11) is 1.44. The Morgan fingerprint density at radius 2 is 2.06 bits per heavy atom. The molecule has 0 aromatic carbocycles. The highest BCUT2D eigenvalue weighted by molar-refractivity contribution is 7.99. The van der Waals surface area contributed by atoms with Crippen LogP contribution in [0.2, 0.25) is 0 Å². The maximum Gasteiger partial charge on any atom is 0.306 e. The highest BCUT2D eigenvalue weighted by Crippen LogP contribution is 2.17. The van der Waals surface area contributed by atoms with E-state index in [2.05, 4.69) is 10.1 Å². The molecule has 94 valence electrons. The van der Waals surface area contributed by atoms with Crippen LogP contribution in [0.3, 0.4) is 0 Å². The third-order valence-corrected chi connectivity index (χ3v) is 3.95. The van der Waals surface area contributed by atoms with Gasteiger partial charge < -0.3 is 10.1 Å². The van der Waals surface area contributed by atoms with Crippen LogP contribution in [0.25, 0.3) is 0 Å². The number of carbonyl (C=O) groups excluding carboxylic acids is 1. The van der Waals surface area contributed by atoms with Gasteiger partial charge in [-0.15, -0.1) is 0 Å². The summed E-state index contributed by atoms with van der Waals surface area (Å²) in [5, 5.41) is 3.59. The summed E-state index contributed by atoms with van der Waals surface area (Å²) in [5.74, 6) is 1.86. The van der Waals surface area contributed by atoms with Crippen molar-refractivity contribution < 1.29 is 9.53 Å². The Bertz CT molecular complexity index is 193. The zero-order valence-corrected chi connectivity index (χ0v) is 11.0. The molecule has 16 heavy (non-hydrogen) atoms. The van der Waals surface area contributed by atoms with E-state index in [1.54, 1.807) is 0 Å². The van der Waals surface area contributed by atoms with Gasteiger partial charge in [0.05, 0.1) is 13.5 Å². The number of hydrogen-bond donors (Lipinski definition) is 1. The van der Waals surface area contributed by atoms with E-state index in [1.807, 2.05) is 11.8 Å². The third kappa shape index (κ3) is 6.38. The molecule has 0 heterocycles. The van der Waals surface area contributed by atoms with Crippen molar-refractivity contribution in [1.29, 1.82) is 0 Å². The summed E-state index contributed by atoms with van der Waals surface area (Å²) in [6, 6.07) is 0.745. The number of nitrogens with one attached hydrogen (secondary N) is 1. The molecule has 0 unspecified atom stereocenters. The first-order valence-electron chi connectivity index (χ1n) is 6.21. The van der Waals surface area contributed by atoms with E-state index in [-0.39, 0.29) is 5.97 Å². The molecule has 0 atom stereocenters. The Hall–Kier alpha value is -0.220. The van der Waals surface area contributed by atoms with Crippen molar-refractivity contribution in [2.45, 2.75) is 44.6 Å². The second-order valence-electron chi connectivity index (χ2n) is 4.23. The normalized spacial score (nSPS) is 17.3. The fraction of sp³-hybridized carbons (Fsp3) is 0.917. The summed E-state index contributed by atoms with van der Waals surface area (Å²) in [6.45, 7) is 1.07. The molecule has 0 spiro atoms. The molecule has 0 radical (unpaired) electrons. The lowest BCUT2D eigenvalue weighted by molar-refractivity contribution is -0.140. The van der Waals surface area contributed by atoms with Crippen LogP contribution in [-0.4, -0.2) is 37.2 Å². The van der Waals surface area contributed by atoms with E-state index in [1.165, 1.54) is 39.2 Å². The van der Waals surface area contributed by atoms with E-state index in [0.29, 0.717) is 6.42 Å². The molecule has 1 saturated carbocycles. The van der Waals surface area contributed by atoms with E-state index < -0.39 is 0 Å². The molecule has 0 aliphatic heterocycles. The highest BCUT2D eigenvalue weighted by atomic mass is 32.2. The van der Waals surface area contributed by atoms with Gasteiger partial charge in [-0.1, -0.05) is 19.3 Å². The van der Waals surface area contributed by atoms with Crippen molar-refractivity contribution in [2.24, 2.45) is 0 Å². The second-order valence-corrected chi connectivity index (χ2v) is 5.45. The van der Waals surface area contributed by atoms with Crippen molar-refractivity contribution in [3.05, 3.63) is 0 Å². The molecule has 1 fully saturated rings. The van der Waals surface area contributed by atoms with Crippen LogP contribution >= 0.6 is 11.8 Å². The van der Waals surface area contributed by atoms with Crippen LogP contribution in [0.15, 0.2) is 0 Å². The average Bonchev–Trinajstić information content (AvgIpc) is 2.34. The molecule has 0 aromatic rings. The summed E-state index contributed by atoms with van der Waals surface area (Å²) < 4.78 is 4.58. The van der Waals surface area contributed by atoms with Crippen LogP contribution in [0, 0.1) is 0 Å². The van der Waals surface area contributed by atoms with Gasteiger partial charge in [0.2, 0.25) is 0 Å². The predicted molar refractivity (Wildman–Crippen MR) is 68.8 cm³/mol. The van der Waals surface area contributed by atoms with Gasteiger partial charge in [0, 0.05) is 24.1 Å². The zero-order valence-electron chi connectivity index (χ0n) is 10.2. The van der Waals surface area contributed by atoms with Crippen molar-refractivity contribution in [1.82, 2.24) is 5.32 Å². The van der Waals surface area contributed by atoms with Gasteiger partial charge in [0.15, 0.2) is 0 Å². The third-order valence-electron chi connectivity index (χ3n) is 2.96. The summed E-state index contributed by atoms with van der Waals surface area (Å²) in [6.07, 6.45) is 7.39. The first-order valence-corrected chi connectivity index (χ1v) is 7.36. The minimum atomic E-state index is -0.104. The monoisotopic (exact) mass is 245 g/mol. The van der Waals surface area contributed by atoms with Crippen molar-refractivity contribution in [2.75, 3.05) is 25.2 Å². The van der Waals surface area contributed by atoms with Gasteiger partial charge in [0.25, 0.3) is 0 Å². The van der Waals surface area contributed by atoms with Crippen LogP contribution < -0.4 is 5.32 Å². The number of esters is 1. The van der Waals surface area contributed by atoms with E-state index in [4.69, 9.17) is 0 Å². The van der Waals surface area contributed by atoms with Crippen LogP contribution in [0.5, 0.6) is 0 Å². The molecule has 1 aliphatic rings. The quantitative estimate of drug-likeness (QED) is 0.551. The van der Waals surface area contributed by atoms with Crippen LogP contribution in [0.4, 0.5) is 0 Å². The molecule has 4 heteroatoms. The molecule has 0 saturated heterocycles. The van der Waals surface area contributed by atoms with Crippen LogP contribution in [-0.2, 0) is 9.53 Å². The van der Waals surface area contributed by atoms with Gasteiger partial charge in [-0.3, -0.25) is 4.79 Å². The Labute approximate surface area is 103 Å². The topological polar surface area (TPSA) is 38.3 Å². The van der Waals surface area contributed by atoms with Gasteiger partial charge in [-0.05, 0) is 12.8 Å². The Morgan fingerprint density at radius 3 is 2.75 bits per heavy atom. The SMILES string of the molecule is COC(=O)CCSCCNC1CCCCC1. The number of ether oxygens (including phenoxy) is 1. The largest absolute Gasteiger partial charge is 0.469 e. The maximum atomic E-state index is 10.8. The molecule has 0 aromatic heterocycles. The molecule has 1 N–H and O–H groups in total. The minimum Gasteiger partial charge on any atom is -0.469 e. The van der Waals surface area contributed by atoms with Gasteiger partial charge in [0.1, 0.15) is 0 Å². The molecule has 1 rings (SSSR count). The number of carbonyl (C=O) groups is 1. The standard InChI is InChI=1S/C12H23NO2S/c1-15-12(14)7-9-16-10-8-13-11-5-3-2-4-6-11/h11,13H,2-10H2,1H3. The summed E-state index contributed by atoms with van der Waals surface area (Å²) in [5.41, 5.74) is 0. The fourth-order valence-electron chi connectivity index (χ4n) is 2.00. The number of thioether (sulfide) groups is 1. The van der Waals surface area contributed by atoms with Crippen molar-refractivity contribution >= 4 is 17.7 Å². The number of rotatable bonds is 7. The molecular weight excluding hydrogens is 222 g/mol. The number of methoxy groups -OCH3 is 1. The highest BCUT2D eigenvalue weighted by Gasteiger charge is 2.11. The lowest BCUT2D eigenvalue weighted by Crippen LogP contribution is -2.32. The van der Waals surface area contributed by atoms with E-state index in [9.17, 15) is 4.79 Å². The lowest BCUT2D eigenvalue weighted by Gasteiger charge is -2.22. The average molecular weight is 245 g/mol. The number of hydrogen-bond acceptors (Lipinski definition) is 4. The second kappa shape index (κ2) is 8.88. The van der Waals surface area contributed by atoms with Crippen molar-refractivity contribution in [3.63, 3.8) is 0 Å². The van der Waals surface area contributed by atoms with Gasteiger partial charge in [-0.25, -0.2) is 0 Å². The smallest absolute Gasteiger partial charge is 0.306 e. The molecule has 0 amide bonds. The van der Waals surface area contributed by atoms with E-state index in [0.717, 1.165) is 24.1 Å². The molecule has 3 nitrogen and oxygen atoms in total. The fourth-order valence-corrected chi connectivity index (χ4v) is 2.78. The lowest BCUT2D eigenvalue weighted by atomic mass is 9.96. The summed E-state index contributed by atoms with van der Waals surface area (Å²) >= 11 is 1.82. The van der Waals surface area contributed by atoms with Crippen LogP contribution in [0.1, 0.15) is 38.5 Å². The zero-order chi connectivity index (χ0) is 11.6. The van der Waals surface area contributed by atoms with E-state index >= 15 is 0 Å². The Morgan fingerprint density at radius 1 is 1.31 bits per heavy atom. The summed E-state index contributed by atoms with van der Waals surface area (Å²) in [4.78, 5) is 10.8.